The summed E-state index contributed by atoms with van der Waals surface area (Å²) in [4.78, 5) is 4.77. The van der Waals surface area contributed by atoms with E-state index in [0.717, 1.165) is 29.8 Å². The number of aromatic nitrogens is 1. The number of nitrogens with two attached hydrogens (primary N) is 1. The average molecular weight is 320 g/mol. The average Bonchev–Trinajstić information content (AvgIpc) is 3.36. The Morgan fingerprint density at radius 2 is 1.92 bits per heavy atom. The van der Waals surface area contributed by atoms with Gasteiger partial charge in [-0.3, -0.25) is 4.98 Å². The third-order valence-corrected chi connectivity index (χ3v) is 5.74. The normalized spacial score (nSPS) is 22.8. The van der Waals surface area contributed by atoms with Crippen LogP contribution in [0, 0.1) is 11.8 Å². The van der Waals surface area contributed by atoms with Crippen LogP contribution in [0.25, 0.3) is 5.57 Å². The van der Waals surface area contributed by atoms with Crippen molar-refractivity contribution in [1.29, 1.82) is 0 Å². The van der Waals surface area contributed by atoms with Crippen LogP contribution in [-0.2, 0) is 5.54 Å². The van der Waals surface area contributed by atoms with E-state index in [2.05, 4.69) is 48.4 Å². The summed E-state index contributed by atoms with van der Waals surface area (Å²) < 4.78 is 0. The largest absolute Gasteiger partial charge is 0.321 e. The van der Waals surface area contributed by atoms with Gasteiger partial charge in [-0.05, 0) is 54.9 Å². The predicted octanol–water partition coefficient (Wildman–Crippen LogP) is 4.71. The van der Waals surface area contributed by atoms with Crippen LogP contribution in [0.4, 0.5) is 0 Å². The fourth-order valence-corrected chi connectivity index (χ4v) is 3.79. The minimum Gasteiger partial charge on any atom is -0.321 e. The SMILES string of the molecule is CCC(N)(CC)c1ccc(C2=CC=C3N=NC=C3C2C2CC2)nc1. The molecule has 2 aliphatic carbocycles. The van der Waals surface area contributed by atoms with Crippen molar-refractivity contribution in [2.45, 2.75) is 45.1 Å². The molecule has 1 unspecified atom stereocenters. The second-order valence-corrected chi connectivity index (χ2v) is 7.08. The number of fused-ring (bicyclic) bond motifs is 1. The molecule has 0 aromatic carbocycles. The minimum atomic E-state index is -0.277. The monoisotopic (exact) mass is 320 g/mol. The number of azo groups is 1. The zero-order valence-corrected chi connectivity index (χ0v) is 14.4. The maximum Gasteiger partial charge on any atom is 0.0911 e. The fraction of sp³-hybridized carbons (Fsp3) is 0.450. The molecule has 4 rings (SSSR count). The first-order chi connectivity index (χ1) is 11.7. The zero-order valence-electron chi connectivity index (χ0n) is 14.4. The molecule has 0 amide bonds. The molecule has 2 N–H and O–H groups in total. The summed E-state index contributed by atoms with van der Waals surface area (Å²) in [5.41, 5.74) is 12.0. The minimum absolute atomic E-state index is 0.277. The molecule has 2 heterocycles. The molecule has 4 heteroatoms. The number of allylic oxidation sites excluding steroid dienone is 4. The van der Waals surface area contributed by atoms with Gasteiger partial charge in [0.25, 0.3) is 0 Å². The standard InChI is InChI=1S/C20H24N4/c1-3-20(21,4-2)14-7-9-17(22-11-14)15-8-10-18-16(12-23-24-18)19(15)13-5-6-13/h7-13,19H,3-6,21H2,1-2H3. The van der Waals surface area contributed by atoms with E-state index in [9.17, 15) is 0 Å². The van der Waals surface area contributed by atoms with Gasteiger partial charge in [0.1, 0.15) is 0 Å². The van der Waals surface area contributed by atoms with Crippen molar-refractivity contribution in [3.05, 3.63) is 59.2 Å². The number of hydrogen-bond acceptors (Lipinski definition) is 4. The molecule has 4 nitrogen and oxygen atoms in total. The Morgan fingerprint density at radius 3 is 2.54 bits per heavy atom. The van der Waals surface area contributed by atoms with Crippen molar-refractivity contribution in [1.82, 2.24) is 4.98 Å². The molecule has 1 fully saturated rings. The highest BCUT2D eigenvalue weighted by molar-refractivity contribution is 5.74. The van der Waals surface area contributed by atoms with Crippen LogP contribution in [0.2, 0.25) is 0 Å². The van der Waals surface area contributed by atoms with Crippen LogP contribution >= 0.6 is 0 Å². The molecule has 24 heavy (non-hydrogen) atoms. The molecule has 0 spiro atoms. The summed E-state index contributed by atoms with van der Waals surface area (Å²) in [6.45, 7) is 4.27. The van der Waals surface area contributed by atoms with Crippen LogP contribution in [0.5, 0.6) is 0 Å². The van der Waals surface area contributed by atoms with Gasteiger partial charge >= 0.3 is 0 Å². The van der Waals surface area contributed by atoms with Crippen molar-refractivity contribution < 1.29 is 0 Å². The lowest BCUT2D eigenvalue weighted by atomic mass is 9.80. The van der Waals surface area contributed by atoms with Crippen molar-refractivity contribution in [3.8, 4) is 0 Å². The lowest BCUT2D eigenvalue weighted by Gasteiger charge is -2.28. The second-order valence-electron chi connectivity index (χ2n) is 7.08. The molecule has 1 atom stereocenters. The van der Waals surface area contributed by atoms with Gasteiger partial charge in [0, 0.05) is 23.2 Å². The van der Waals surface area contributed by atoms with Crippen molar-refractivity contribution in [3.63, 3.8) is 0 Å². The molecule has 1 saturated carbocycles. The van der Waals surface area contributed by atoms with E-state index < -0.39 is 0 Å². The summed E-state index contributed by atoms with van der Waals surface area (Å²) in [6.07, 6.45) is 12.5. The maximum absolute atomic E-state index is 6.50. The lowest BCUT2D eigenvalue weighted by molar-refractivity contribution is 0.411. The predicted molar refractivity (Wildman–Crippen MR) is 95.9 cm³/mol. The number of nitrogens with zero attached hydrogens (tertiary/aromatic N) is 3. The molecule has 3 aliphatic rings. The third-order valence-electron chi connectivity index (χ3n) is 5.74. The van der Waals surface area contributed by atoms with Crippen LogP contribution in [0.3, 0.4) is 0 Å². The Bertz CT molecular complexity index is 759. The Morgan fingerprint density at radius 1 is 1.12 bits per heavy atom. The second kappa shape index (κ2) is 5.78. The number of hydrogen-bond donors (Lipinski definition) is 1. The number of pyridine rings is 1. The van der Waals surface area contributed by atoms with E-state index >= 15 is 0 Å². The van der Waals surface area contributed by atoms with Crippen LogP contribution in [-0.4, -0.2) is 4.98 Å². The van der Waals surface area contributed by atoms with Crippen LogP contribution in [0.15, 0.2) is 58.2 Å². The molecule has 124 valence electrons. The molecule has 1 aromatic rings. The van der Waals surface area contributed by atoms with Crippen LogP contribution in [0.1, 0.15) is 50.8 Å². The summed E-state index contributed by atoms with van der Waals surface area (Å²) in [5.74, 6) is 1.09. The van der Waals surface area contributed by atoms with Gasteiger partial charge in [-0.25, -0.2) is 0 Å². The number of rotatable bonds is 5. The van der Waals surface area contributed by atoms with Gasteiger partial charge in [-0.15, -0.1) is 0 Å². The van der Waals surface area contributed by atoms with E-state index in [1.807, 2.05) is 12.4 Å². The lowest BCUT2D eigenvalue weighted by Crippen LogP contribution is -2.35. The van der Waals surface area contributed by atoms with E-state index in [4.69, 9.17) is 10.7 Å². The Kier molecular flexibility index (Phi) is 3.72. The smallest absolute Gasteiger partial charge is 0.0911 e. The molecule has 1 aliphatic heterocycles. The Labute approximate surface area is 143 Å². The quantitative estimate of drug-likeness (QED) is 0.853. The van der Waals surface area contributed by atoms with Gasteiger partial charge in [0.15, 0.2) is 0 Å². The van der Waals surface area contributed by atoms with E-state index in [1.54, 1.807) is 0 Å². The summed E-state index contributed by atoms with van der Waals surface area (Å²) in [6, 6.07) is 4.28. The molecule has 0 saturated heterocycles. The topological polar surface area (TPSA) is 63.6 Å². The van der Waals surface area contributed by atoms with Crippen LogP contribution < -0.4 is 5.73 Å². The highest BCUT2D eigenvalue weighted by Gasteiger charge is 2.40. The summed E-state index contributed by atoms with van der Waals surface area (Å²) >= 11 is 0. The molecule has 0 radical (unpaired) electrons. The highest BCUT2D eigenvalue weighted by Crippen LogP contribution is 2.51. The van der Waals surface area contributed by atoms with Gasteiger partial charge in [0.05, 0.1) is 17.6 Å². The first kappa shape index (κ1) is 15.5. The molecular weight excluding hydrogens is 296 g/mol. The summed E-state index contributed by atoms with van der Waals surface area (Å²) in [7, 11) is 0. The van der Waals surface area contributed by atoms with Gasteiger partial charge in [-0.2, -0.15) is 10.2 Å². The van der Waals surface area contributed by atoms with E-state index in [1.165, 1.54) is 24.0 Å². The molecule has 0 bridgehead atoms. The van der Waals surface area contributed by atoms with Crippen molar-refractivity contribution in [2.24, 2.45) is 27.8 Å². The Balaban J connectivity index is 1.68. The van der Waals surface area contributed by atoms with Gasteiger partial charge < -0.3 is 5.73 Å². The van der Waals surface area contributed by atoms with Gasteiger partial charge in [-0.1, -0.05) is 26.0 Å². The van der Waals surface area contributed by atoms with Crippen molar-refractivity contribution >= 4 is 5.57 Å². The maximum atomic E-state index is 6.50. The first-order valence-electron chi connectivity index (χ1n) is 8.95. The molecule has 1 aromatic heterocycles. The highest BCUT2D eigenvalue weighted by atomic mass is 15.1. The van der Waals surface area contributed by atoms with Crippen molar-refractivity contribution in [2.75, 3.05) is 0 Å². The molecular formula is C20H24N4. The van der Waals surface area contributed by atoms with E-state index in [-0.39, 0.29) is 5.54 Å². The summed E-state index contributed by atoms with van der Waals surface area (Å²) in [5, 5.41) is 8.34. The fourth-order valence-electron chi connectivity index (χ4n) is 3.79. The Hall–Kier alpha value is -2.07. The zero-order chi connectivity index (χ0) is 16.7. The van der Waals surface area contributed by atoms with Gasteiger partial charge in [0.2, 0.25) is 0 Å². The first-order valence-corrected chi connectivity index (χ1v) is 8.95. The third kappa shape index (κ3) is 2.46. The van der Waals surface area contributed by atoms with E-state index in [0.29, 0.717) is 11.8 Å².